The van der Waals surface area contributed by atoms with Gasteiger partial charge >= 0.3 is 0 Å². The van der Waals surface area contributed by atoms with Crippen LogP contribution in [0.1, 0.15) is 25.0 Å². The molecule has 1 fully saturated rings. The van der Waals surface area contributed by atoms with E-state index < -0.39 is 6.10 Å². The maximum atomic E-state index is 10.2. The summed E-state index contributed by atoms with van der Waals surface area (Å²) in [5, 5.41) is 10.2. The molecule has 0 radical (unpaired) electrons. The lowest BCUT2D eigenvalue weighted by Gasteiger charge is -2.42. The molecule has 0 bridgehead atoms. The number of aliphatic hydroxyl groups excluding tert-OH is 1. The molecule has 118 valence electrons. The Morgan fingerprint density at radius 3 is 2.81 bits per heavy atom. The van der Waals surface area contributed by atoms with Crippen LogP contribution in [0.5, 0.6) is 5.75 Å². The second kappa shape index (κ2) is 6.77. The summed E-state index contributed by atoms with van der Waals surface area (Å²) < 4.78 is 11.3. The summed E-state index contributed by atoms with van der Waals surface area (Å²) in [7, 11) is 0. The lowest BCUT2D eigenvalue weighted by molar-refractivity contribution is -0.0703. The number of morpholine rings is 1. The third-order valence-electron chi connectivity index (χ3n) is 4.01. The zero-order chi connectivity index (χ0) is 15.5. The smallest absolute Gasteiger partial charge is 0.122 e. The molecule has 4 nitrogen and oxygen atoms in total. The average molecular weight is 293 g/mol. The van der Waals surface area contributed by atoms with Crippen molar-refractivity contribution in [2.75, 3.05) is 32.9 Å². The third-order valence-corrected chi connectivity index (χ3v) is 4.01. The molecule has 0 aromatic heterocycles. The topological polar surface area (TPSA) is 41.9 Å². The lowest BCUT2D eigenvalue weighted by Crippen LogP contribution is -2.55. The van der Waals surface area contributed by atoms with Gasteiger partial charge in [0, 0.05) is 18.6 Å². The van der Waals surface area contributed by atoms with E-state index in [4.69, 9.17) is 9.47 Å². The summed E-state index contributed by atoms with van der Waals surface area (Å²) in [6.07, 6.45) is -0.497. The number of aryl methyl sites for hydroxylation is 2. The van der Waals surface area contributed by atoms with Crippen LogP contribution in [0, 0.1) is 13.8 Å². The highest BCUT2D eigenvalue weighted by Gasteiger charge is 2.31. The Kier molecular flexibility index (Phi) is 5.25. The maximum Gasteiger partial charge on any atom is 0.122 e. The molecule has 0 aliphatic carbocycles. The standard InChI is InChI=1S/C17H27NO3/c1-13-5-6-16(14(2)9-13)21-11-15(19)10-18-7-8-20-12-17(18,3)4/h5-6,9,15,19H,7-8,10-12H2,1-4H3. The Hall–Kier alpha value is -1.10. The molecule has 0 amide bonds. The number of nitrogens with zero attached hydrogens (tertiary/aromatic N) is 1. The van der Waals surface area contributed by atoms with Crippen molar-refractivity contribution >= 4 is 0 Å². The van der Waals surface area contributed by atoms with Crippen LogP contribution in [-0.2, 0) is 4.74 Å². The van der Waals surface area contributed by atoms with Crippen LogP contribution in [0.3, 0.4) is 0 Å². The first-order valence-electron chi connectivity index (χ1n) is 7.59. The van der Waals surface area contributed by atoms with Gasteiger partial charge in [-0.2, -0.15) is 0 Å². The van der Waals surface area contributed by atoms with E-state index in [0.29, 0.717) is 19.8 Å². The second-order valence-electron chi connectivity index (χ2n) is 6.54. The summed E-state index contributed by atoms with van der Waals surface area (Å²) >= 11 is 0. The summed E-state index contributed by atoms with van der Waals surface area (Å²) in [6, 6.07) is 6.09. The molecule has 1 aromatic rings. The normalized spacial score (nSPS) is 20.2. The Morgan fingerprint density at radius 1 is 1.38 bits per heavy atom. The fourth-order valence-electron chi connectivity index (χ4n) is 2.68. The van der Waals surface area contributed by atoms with Crippen LogP contribution in [0.15, 0.2) is 18.2 Å². The van der Waals surface area contributed by atoms with Gasteiger partial charge in [0.05, 0.1) is 13.2 Å². The number of hydrogen-bond donors (Lipinski definition) is 1. The summed E-state index contributed by atoms with van der Waals surface area (Å²) in [6.45, 7) is 11.6. The third kappa shape index (κ3) is 4.43. The number of rotatable bonds is 5. The molecule has 0 saturated carbocycles. The molecule has 4 heteroatoms. The Morgan fingerprint density at radius 2 is 2.14 bits per heavy atom. The fourth-order valence-corrected chi connectivity index (χ4v) is 2.68. The van der Waals surface area contributed by atoms with Crippen LogP contribution in [-0.4, -0.2) is 54.6 Å². The lowest BCUT2D eigenvalue weighted by atomic mass is 10.0. The van der Waals surface area contributed by atoms with Crippen LogP contribution in [0.25, 0.3) is 0 Å². The highest BCUT2D eigenvalue weighted by Crippen LogP contribution is 2.21. The van der Waals surface area contributed by atoms with Crippen molar-refractivity contribution < 1.29 is 14.6 Å². The molecule has 21 heavy (non-hydrogen) atoms. The van der Waals surface area contributed by atoms with E-state index in [1.165, 1.54) is 5.56 Å². The molecule has 1 aliphatic rings. The van der Waals surface area contributed by atoms with Crippen molar-refractivity contribution in [2.24, 2.45) is 0 Å². The molecule has 1 N–H and O–H groups in total. The van der Waals surface area contributed by atoms with Crippen LogP contribution in [0.4, 0.5) is 0 Å². The van der Waals surface area contributed by atoms with Gasteiger partial charge in [-0.25, -0.2) is 0 Å². The quantitative estimate of drug-likeness (QED) is 0.903. The largest absolute Gasteiger partial charge is 0.491 e. The van der Waals surface area contributed by atoms with E-state index in [-0.39, 0.29) is 5.54 Å². The van der Waals surface area contributed by atoms with Crippen molar-refractivity contribution in [2.45, 2.75) is 39.3 Å². The summed E-state index contributed by atoms with van der Waals surface area (Å²) in [5.41, 5.74) is 2.29. The summed E-state index contributed by atoms with van der Waals surface area (Å²) in [5.74, 6) is 0.848. The van der Waals surface area contributed by atoms with Gasteiger partial charge in [-0.3, -0.25) is 4.90 Å². The minimum Gasteiger partial charge on any atom is -0.491 e. The van der Waals surface area contributed by atoms with Gasteiger partial charge in [-0.15, -0.1) is 0 Å². The van der Waals surface area contributed by atoms with E-state index in [2.05, 4.69) is 31.7 Å². The van der Waals surface area contributed by atoms with E-state index in [0.717, 1.165) is 24.5 Å². The van der Waals surface area contributed by atoms with Crippen LogP contribution in [0.2, 0.25) is 0 Å². The van der Waals surface area contributed by atoms with E-state index in [1.807, 2.05) is 19.1 Å². The van der Waals surface area contributed by atoms with Crippen LogP contribution >= 0.6 is 0 Å². The zero-order valence-corrected chi connectivity index (χ0v) is 13.6. The minimum atomic E-state index is -0.497. The number of β-amino-alcohol motifs (C(OH)–C–C–N with tert-alkyl or cyclic N) is 1. The average Bonchev–Trinajstić information content (AvgIpc) is 2.40. The van der Waals surface area contributed by atoms with Crippen LogP contribution < -0.4 is 4.74 Å². The predicted octanol–water partition coefficient (Wildman–Crippen LogP) is 2.15. The number of benzene rings is 1. The molecule has 1 heterocycles. The minimum absolute atomic E-state index is 0.0288. The number of ether oxygens (including phenoxy) is 2. The fraction of sp³-hybridized carbons (Fsp3) is 0.647. The van der Waals surface area contributed by atoms with E-state index in [9.17, 15) is 5.11 Å². The molecule has 1 aliphatic heterocycles. The first kappa shape index (κ1) is 16.3. The van der Waals surface area contributed by atoms with Gasteiger partial charge < -0.3 is 14.6 Å². The molecule has 1 aromatic carbocycles. The van der Waals surface area contributed by atoms with Crippen molar-refractivity contribution in [3.63, 3.8) is 0 Å². The van der Waals surface area contributed by atoms with E-state index in [1.54, 1.807) is 0 Å². The molecule has 1 saturated heterocycles. The highest BCUT2D eigenvalue weighted by atomic mass is 16.5. The summed E-state index contributed by atoms with van der Waals surface area (Å²) in [4.78, 5) is 2.27. The van der Waals surface area contributed by atoms with Gasteiger partial charge in [0.15, 0.2) is 0 Å². The van der Waals surface area contributed by atoms with Crippen molar-refractivity contribution in [1.29, 1.82) is 0 Å². The number of hydrogen-bond acceptors (Lipinski definition) is 4. The number of aliphatic hydroxyl groups is 1. The Bertz CT molecular complexity index is 473. The Labute approximate surface area is 127 Å². The SMILES string of the molecule is Cc1ccc(OCC(O)CN2CCOCC2(C)C)c(C)c1. The highest BCUT2D eigenvalue weighted by molar-refractivity contribution is 5.35. The van der Waals surface area contributed by atoms with Gasteiger partial charge in [0.25, 0.3) is 0 Å². The van der Waals surface area contributed by atoms with Gasteiger partial charge in [0.1, 0.15) is 18.5 Å². The van der Waals surface area contributed by atoms with Gasteiger partial charge in [-0.05, 0) is 39.3 Å². The first-order valence-corrected chi connectivity index (χ1v) is 7.59. The second-order valence-corrected chi connectivity index (χ2v) is 6.54. The molecular weight excluding hydrogens is 266 g/mol. The van der Waals surface area contributed by atoms with Crippen molar-refractivity contribution in [1.82, 2.24) is 4.90 Å². The van der Waals surface area contributed by atoms with Crippen molar-refractivity contribution in [3.05, 3.63) is 29.3 Å². The predicted molar refractivity (Wildman–Crippen MR) is 83.9 cm³/mol. The van der Waals surface area contributed by atoms with Gasteiger partial charge in [-0.1, -0.05) is 17.7 Å². The Balaban J connectivity index is 1.85. The monoisotopic (exact) mass is 293 g/mol. The van der Waals surface area contributed by atoms with Gasteiger partial charge in [0.2, 0.25) is 0 Å². The van der Waals surface area contributed by atoms with Crippen molar-refractivity contribution in [3.8, 4) is 5.75 Å². The molecule has 0 spiro atoms. The maximum absolute atomic E-state index is 10.2. The molecule has 2 rings (SSSR count). The molecule has 1 atom stereocenters. The van der Waals surface area contributed by atoms with E-state index >= 15 is 0 Å². The molecular formula is C17H27NO3. The molecule has 1 unspecified atom stereocenters. The zero-order valence-electron chi connectivity index (χ0n) is 13.6. The first-order chi connectivity index (χ1) is 9.88.